The van der Waals surface area contributed by atoms with E-state index in [1.54, 1.807) is 31.2 Å². The molecule has 0 aliphatic rings. The van der Waals surface area contributed by atoms with Crippen molar-refractivity contribution >= 4 is 15.9 Å². The number of hydrogen-bond donors (Lipinski definition) is 1. The van der Waals surface area contributed by atoms with Gasteiger partial charge in [-0.15, -0.1) is 0 Å². The second-order valence-electron chi connectivity index (χ2n) is 4.80. The molecule has 0 fully saturated rings. The van der Waals surface area contributed by atoms with Gasteiger partial charge in [-0.1, -0.05) is 18.2 Å². The summed E-state index contributed by atoms with van der Waals surface area (Å²) in [5.41, 5.74) is 2.50. The Hall–Kier alpha value is -1.26. The molecule has 20 heavy (non-hydrogen) atoms. The first-order chi connectivity index (χ1) is 9.51. The summed E-state index contributed by atoms with van der Waals surface area (Å²) in [6, 6.07) is 10.2. The van der Waals surface area contributed by atoms with Crippen LogP contribution in [0.25, 0.3) is 0 Å². The second kappa shape index (κ2) is 6.46. The molecule has 0 spiro atoms. The number of benzene rings is 2. The fraction of sp³-hybridized carbons (Fsp3) is 0.250. The number of rotatable bonds is 4. The van der Waals surface area contributed by atoms with Gasteiger partial charge in [0.05, 0.1) is 4.47 Å². The van der Waals surface area contributed by atoms with Crippen molar-refractivity contribution in [2.75, 3.05) is 7.05 Å². The van der Waals surface area contributed by atoms with Crippen molar-refractivity contribution in [1.29, 1.82) is 0 Å². The van der Waals surface area contributed by atoms with Crippen molar-refractivity contribution < 1.29 is 8.78 Å². The van der Waals surface area contributed by atoms with E-state index in [0.29, 0.717) is 16.5 Å². The van der Waals surface area contributed by atoms with Crippen LogP contribution in [0.15, 0.2) is 40.9 Å². The summed E-state index contributed by atoms with van der Waals surface area (Å²) in [6.45, 7) is 1.74. The van der Waals surface area contributed by atoms with Crippen LogP contribution in [0.5, 0.6) is 0 Å². The molecule has 1 nitrogen and oxygen atoms in total. The van der Waals surface area contributed by atoms with Gasteiger partial charge in [-0.05, 0) is 71.2 Å². The molecular formula is C16H16BrF2N. The highest BCUT2D eigenvalue weighted by Gasteiger charge is 2.12. The normalized spacial score (nSPS) is 12.4. The van der Waals surface area contributed by atoms with Gasteiger partial charge >= 0.3 is 0 Å². The van der Waals surface area contributed by atoms with E-state index in [1.165, 1.54) is 6.07 Å². The fourth-order valence-electron chi connectivity index (χ4n) is 2.11. The molecule has 0 aliphatic carbocycles. The molecule has 0 saturated carbocycles. The van der Waals surface area contributed by atoms with E-state index >= 15 is 0 Å². The molecule has 0 aromatic heterocycles. The molecule has 0 radical (unpaired) electrons. The molecule has 0 bridgehead atoms. The average molecular weight is 340 g/mol. The van der Waals surface area contributed by atoms with Crippen molar-refractivity contribution in [2.24, 2.45) is 0 Å². The molecule has 2 aromatic carbocycles. The Balaban J connectivity index is 2.23. The van der Waals surface area contributed by atoms with Crippen molar-refractivity contribution in [2.45, 2.75) is 19.4 Å². The molecule has 2 rings (SSSR count). The van der Waals surface area contributed by atoms with Crippen LogP contribution < -0.4 is 5.32 Å². The van der Waals surface area contributed by atoms with Crippen LogP contribution in [0.3, 0.4) is 0 Å². The van der Waals surface area contributed by atoms with Crippen LogP contribution in [-0.2, 0) is 6.42 Å². The van der Waals surface area contributed by atoms with E-state index in [2.05, 4.69) is 21.2 Å². The zero-order valence-corrected chi connectivity index (χ0v) is 13.0. The lowest BCUT2D eigenvalue weighted by atomic mass is 9.98. The number of halogens is 3. The Labute approximate surface area is 126 Å². The van der Waals surface area contributed by atoms with Crippen LogP contribution in [-0.4, -0.2) is 7.05 Å². The van der Waals surface area contributed by atoms with Crippen molar-refractivity contribution in [3.8, 4) is 0 Å². The molecule has 0 amide bonds. The zero-order chi connectivity index (χ0) is 14.7. The minimum Gasteiger partial charge on any atom is -0.313 e. The summed E-state index contributed by atoms with van der Waals surface area (Å²) < 4.78 is 27.3. The van der Waals surface area contributed by atoms with Crippen molar-refractivity contribution in [3.05, 3.63) is 69.2 Å². The Morgan fingerprint density at radius 3 is 2.45 bits per heavy atom. The number of hydrogen-bond acceptors (Lipinski definition) is 1. The summed E-state index contributed by atoms with van der Waals surface area (Å²) in [7, 11) is 1.83. The maximum atomic E-state index is 13.6. The third-order valence-corrected chi connectivity index (χ3v) is 3.98. The summed E-state index contributed by atoms with van der Waals surface area (Å²) in [4.78, 5) is 0. The lowest BCUT2D eigenvalue weighted by molar-refractivity contribution is 0.572. The van der Waals surface area contributed by atoms with E-state index in [-0.39, 0.29) is 17.7 Å². The van der Waals surface area contributed by atoms with Gasteiger partial charge in [-0.3, -0.25) is 0 Å². The summed E-state index contributed by atoms with van der Waals surface area (Å²) in [6.07, 6.45) is 0.665. The molecule has 1 atom stereocenters. The lowest BCUT2D eigenvalue weighted by Crippen LogP contribution is -2.19. The summed E-state index contributed by atoms with van der Waals surface area (Å²) in [5, 5.41) is 3.17. The van der Waals surface area contributed by atoms with Gasteiger partial charge in [0.25, 0.3) is 0 Å². The standard InChI is InChI=1S/C16H16BrF2N/c1-10-3-5-12(9-15(10)19)16(20-2)8-11-4-6-14(18)13(17)7-11/h3-7,9,16,20H,8H2,1-2H3. The Morgan fingerprint density at radius 2 is 1.85 bits per heavy atom. The fourth-order valence-corrected chi connectivity index (χ4v) is 2.54. The van der Waals surface area contributed by atoms with Gasteiger partial charge in [0.2, 0.25) is 0 Å². The van der Waals surface area contributed by atoms with Crippen molar-refractivity contribution in [1.82, 2.24) is 5.32 Å². The van der Waals surface area contributed by atoms with Crippen LogP contribution in [0.1, 0.15) is 22.7 Å². The van der Waals surface area contributed by atoms with E-state index in [0.717, 1.165) is 11.1 Å². The van der Waals surface area contributed by atoms with Gasteiger partial charge in [0, 0.05) is 6.04 Å². The Morgan fingerprint density at radius 1 is 1.10 bits per heavy atom. The first kappa shape index (κ1) is 15.1. The zero-order valence-electron chi connectivity index (χ0n) is 11.4. The van der Waals surface area contributed by atoms with Crippen LogP contribution in [0.2, 0.25) is 0 Å². The van der Waals surface area contributed by atoms with Crippen molar-refractivity contribution in [3.63, 3.8) is 0 Å². The highest BCUT2D eigenvalue weighted by atomic mass is 79.9. The molecular weight excluding hydrogens is 324 g/mol. The number of nitrogens with one attached hydrogen (secondary N) is 1. The van der Waals surface area contributed by atoms with E-state index < -0.39 is 0 Å². The molecule has 0 aliphatic heterocycles. The average Bonchev–Trinajstić information content (AvgIpc) is 2.43. The SMILES string of the molecule is CNC(Cc1ccc(F)c(Br)c1)c1ccc(C)c(F)c1. The van der Waals surface area contributed by atoms with Crippen LogP contribution in [0.4, 0.5) is 8.78 Å². The Kier molecular flexibility index (Phi) is 4.89. The van der Waals surface area contributed by atoms with E-state index in [9.17, 15) is 8.78 Å². The van der Waals surface area contributed by atoms with Gasteiger partial charge in [0.15, 0.2) is 0 Å². The Bertz CT molecular complexity index is 613. The number of aryl methyl sites for hydroxylation is 1. The minimum atomic E-state index is -0.281. The predicted molar refractivity (Wildman–Crippen MR) is 80.7 cm³/mol. The van der Waals surface area contributed by atoms with Crippen LogP contribution >= 0.6 is 15.9 Å². The summed E-state index contributed by atoms with van der Waals surface area (Å²) >= 11 is 3.18. The minimum absolute atomic E-state index is 0.0116. The molecule has 1 unspecified atom stereocenters. The van der Waals surface area contributed by atoms with Gasteiger partial charge in [-0.25, -0.2) is 8.78 Å². The molecule has 2 aromatic rings. The first-order valence-electron chi connectivity index (χ1n) is 6.38. The molecule has 0 heterocycles. The highest BCUT2D eigenvalue weighted by molar-refractivity contribution is 9.10. The largest absolute Gasteiger partial charge is 0.313 e. The quantitative estimate of drug-likeness (QED) is 0.862. The number of likely N-dealkylation sites (N-methyl/N-ethyl adjacent to an activating group) is 1. The third-order valence-electron chi connectivity index (χ3n) is 3.37. The third kappa shape index (κ3) is 3.44. The smallest absolute Gasteiger partial charge is 0.137 e. The van der Waals surface area contributed by atoms with Gasteiger partial charge < -0.3 is 5.32 Å². The molecule has 106 valence electrons. The predicted octanol–water partition coefficient (Wildman–Crippen LogP) is 4.54. The highest BCUT2D eigenvalue weighted by Crippen LogP contribution is 2.23. The molecule has 0 saturated heterocycles. The first-order valence-corrected chi connectivity index (χ1v) is 7.18. The monoisotopic (exact) mass is 339 g/mol. The lowest BCUT2D eigenvalue weighted by Gasteiger charge is -2.17. The van der Waals surface area contributed by atoms with Crippen LogP contribution in [0, 0.1) is 18.6 Å². The maximum Gasteiger partial charge on any atom is 0.137 e. The van der Waals surface area contributed by atoms with E-state index in [4.69, 9.17) is 0 Å². The summed E-state index contributed by atoms with van der Waals surface area (Å²) in [5.74, 6) is -0.487. The molecule has 1 N–H and O–H groups in total. The topological polar surface area (TPSA) is 12.0 Å². The van der Waals surface area contributed by atoms with Gasteiger partial charge in [-0.2, -0.15) is 0 Å². The second-order valence-corrected chi connectivity index (χ2v) is 5.66. The van der Waals surface area contributed by atoms with Gasteiger partial charge in [0.1, 0.15) is 11.6 Å². The molecule has 4 heteroatoms. The van der Waals surface area contributed by atoms with E-state index in [1.807, 2.05) is 13.1 Å². The maximum absolute atomic E-state index is 13.6.